The summed E-state index contributed by atoms with van der Waals surface area (Å²) in [5.41, 5.74) is 26.0. The van der Waals surface area contributed by atoms with Crippen LogP contribution in [0.1, 0.15) is 130 Å². The highest BCUT2D eigenvalue weighted by atomic mass is 14.5. The first-order valence-electron chi connectivity index (χ1n) is 24.6. The van der Waals surface area contributed by atoms with Gasteiger partial charge in [-0.25, -0.2) is 0 Å². The zero-order valence-electron chi connectivity index (χ0n) is 38.4. The Bertz CT molecular complexity index is 3350. The quantitative estimate of drug-likeness (QED) is 0.129. The number of fused-ring (bicyclic) bond motifs is 14. The third kappa shape index (κ3) is 6.40. The van der Waals surface area contributed by atoms with Crippen LogP contribution in [0.3, 0.4) is 0 Å². The van der Waals surface area contributed by atoms with Crippen molar-refractivity contribution in [2.45, 2.75) is 87.9 Å². The molecule has 1 saturated carbocycles. The number of hydrogen-bond acceptors (Lipinski definition) is 0. The summed E-state index contributed by atoms with van der Waals surface area (Å²) in [6, 6.07) is 74.8. The van der Waals surface area contributed by atoms with E-state index in [1.54, 1.807) is 11.1 Å². The molecule has 320 valence electrons. The van der Waals surface area contributed by atoms with Gasteiger partial charge in [-0.3, -0.25) is 0 Å². The molecule has 0 spiro atoms. The van der Waals surface area contributed by atoms with Gasteiger partial charge in [-0.05, 0) is 167 Å². The van der Waals surface area contributed by atoms with Crippen molar-refractivity contribution in [2.75, 3.05) is 0 Å². The van der Waals surface area contributed by atoms with Crippen molar-refractivity contribution in [2.24, 2.45) is 0 Å². The molecule has 0 aliphatic heterocycles. The fourth-order valence-corrected chi connectivity index (χ4v) is 13.1. The maximum atomic E-state index is 2.62. The summed E-state index contributed by atoms with van der Waals surface area (Å²) in [7, 11) is 0. The van der Waals surface area contributed by atoms with Crippen LogP contribution in [0.15, 0.2) is 194 Å². The van der Waals surface area contributed by atoms with E-state index in [0.717, 1.165) is 25.7 Å². The van der Waals surface area contributed by atoms with Gasteiger partial charge in [0.2, 0.25) is 0 Å². The molecular weight excluding hydrogens is 793 g/mol. The predicted molar refractivity (Wildman–Crippen MR) is 276 cm³/mol. The lowest BCUT2D eigenvalue weighted by Gasteiger charge is -2.29. The van der Waals surface area contributed by atoms with Gasteiger partial charge in [-0.2, -0.15) is 0 Å². The van der Waals surface area contributed by atoms with Crippen molar-refractivity contribution in [3.05, 3.63) is 261 Å². The summed E-state index contributed by atoms with van der Waals surface area (Å²) >= 11 is 0. The van der Waals surface area contributed by atoms with Gasteiger partial charge in [0, 0.05) is 11.3 Å². The Morgan fingerprint density at radius 1 is 0.485 bits per heavy atom. The number of benzene rings is 9. The third-order valence-electron chi connectivity index (χ3n) is 16.7. The molecule has 5 unspecified atom stereocenters. The lowest BCUT2D eigenvalue weighted by molar-refractivity contribution is 0.569. The standard InChI is InChI=1S/C66H56/c1-41(59(34-42-16-6-4-7-17-42)47-29-32-56-54-23-13-14-24-55(54)61-40-62(61)60(56)37-47)44-26-33-58-63(38-44)66(2,3)64-39-48(52-22-12-15-25-57(52)65(58)64)27-30-50(43-18-8-5-9-19-43)46-28-31-53-49(36-46)35-45-20-10-11-21-51(45)53/h4-26,28-29,31-33,36-39,41,50,59,61-62H,27,30,34-35,40H2,1-3H3. The average Bonchev–Trinajstić information content (AvgIpc) is 4.05. The average molecular weight is 849 g/mol. The number of hydrogen-bond donors (Lipinski definition) is 0. The molecule has 9 aromatic carbocycles. The van der Waals surface area contributed by atoms with Crippen LogP contribution in [0.2, 0.25) is 0 Å². The third-order valence-corrected chi connectivity index (χ3v) is 16.7. The first-order chi connectivity index (χ1) is 32.4. The molecule has 0 amide bonds. The minimum atomic E-state index is -0.137. The fourth-order valence-electron chi connectivity index (χ4n) is 13.1. The maximum Gasteiger partial charge on any atom is 0.0159 e. The molecule has 0 bridgehead atoms. The molecule has 0 nitrogen and oxygen atoms in total. The molecule has 13 rings (SSSR count). The van der Waals surface area contributed by atoms with Gasteiger partial charge in [0.15, 0.2) is 0 Å². The summed E-state index contributed by atoms with van der Waals surface area (Å²) in [5.74, 6) is 2.32. The lowest BCUT2D eigenvalue weighted by Crippen LogP contribution is -2.17. The SMILES string of the molecule is CC(c1ccc2c(c1)C(C)(C)c1cc(CCC(c3ccccc3)c3ccc4c(c3)Cc3ccccc3-4)c3ccccc3c1-2)C(Cc1ccccc1)c1ccc2c(c1)C1CC1c1ccccc1-2. The summed E-state index contributed by atoms with van der Waals surface area (Å²) in [4.78, 5) is 0. The summed E-state index contributed by atoms with van der Waals surface area (Å²) in [6.45, 7) is 7.46. The Balaban J connectivity index is 0.849. The summed E-state index contributed by atoms with van der Waals surface area (Å²) < 4.78 is 0. The van der Waals surface area contributed by atoms with Crippen LogP contribution in [-0.4, -0.2) is 0 Å². The van der Waals surface area contributed by atoms with Crippen molar-refractivity contribution in [3.63, 3.8) is 0 Å². The summed E-state index contributed by atoms with van der Waals surface area (Å²) in [6.07, 6.45) is 5.37. The highest BCUT2D eigenvalue weighted by molar-refractivity contribution is 6.04. The first kappa shape index (κ1) is 39.6. The molecule has 0 heterocycles. The molecule has 0 N–H and O–H groups in total. The Morgan fingerprint density at radius 2 is 1.12 bits per heavy atom. The molecule has 9 aromatic rings. The van der Waals surface area contributed by atoms with Crippen molar-refractivity contribution < 1.29 is 0 Å². The smallest absolute Gasteiger partial charge is 0.0159 e. The second-order valence-corrected chi connectivity index (χ2v) is 20.7. The molecule has 4 aliphatic carbocycles. The Kier molecular flexibility index (Phi) is 9.25. The van der Waals surface area contributed by atoms with Crippen LogP contribution in [0.5, 0.6) is 0 Å². The monoisotopic (exact) mass is 848 g/mol. The minimum absolute atomic E-state index is 0.137. The Hall–Kier alpha value is -6.76. The van der Waals surface area contributed by atoms with Crippen molar-refractivity contribution >= 4 is 10.8 Å². The Morgan fingerprint density at radius 3 is 1.97 bits per heavy atom. The van der Waals surface area contributed by atoms with E-state index in [0.29, 0.717) is 29.6 Å². The van der Waals surface area contributed by atoms with Gasteiger partial charge in [0.1, 0.15) is 0 Å². The molecule has 4 aliphatic rings. The molecule has 0 radical (unpaired) electrons. The van der Waals surface area contributed by atoms with Crippen molar-refractivity contribution in [1.29, 1.82) is 0 Å². The molecule has 0 aromatic heterocycles. The van der Waals surface area contributed by atoms with Gasteiger partial charge in [0.25, 0.3) is 0 Å². The van der Waals surface area contributed by atoms with E-state index in [1.807, 2.05) is 0 Å². The highest BCUT2D eigenvalue weighted by Crippen LogP contribution is 2.62. The molecule has 1 fully saturated rings. The highest BCUT2D eigenvalue weighted by Gasteiger charge is 2.46. The van der Waals surface area contributed by atoms with Crippen molar-refractivity contribution in [1.82, 2.24) is 0 Å². The maximum absolute atomic E-state index is 2.62. The van der Waals surface area contributed by atoms with E-state index in [-0.39, 0.29) is 5.41 Å². The lowest BCUT2D eigenvalue weighted by atomic mass is 9.75. The fraction of sp³-hybridized carbons (Fsp3) is 0.212. The van der Waals surface area contributed by atoms with E-state index >= 15 is 0 Å². The number of aryl methyl sites for hydroxylation is 1. The molecular formula is C66H56. The Labute approximate surface area is 391 Å². The normalized spacial score (nSPS) is 17.9. The van der Waals surface area contributed by atoms with Crippen LogP contribution >= 0.6 is 0 Å². The molecule has 0 heteroatoms. The minimum Gasteiger partial charge on any atom is -0.0622 e. The van der Waals surface area contributed by atoms with E-state index < -0.39 is 0 Å². The molecule has 0 saturated heterocycles. The van der Waals surface area contributed by atoms with Gasteiger partial charge in [-0.15, -0.1) is 0 Å². The van der Waals surface area contributed by atoms with Gasteiger partial charge in [-0.1, -0.05) is 215 Å². The first-order valence-corrected chi connectivity index (χ1v) is 24.6. The predicted octanol–water partition coefficient (Wildman–Crippen LogP) is 16.9. The second-order valence-electron chi connectivity index (χ2n) is 20.7. The van der Waals surface area contributed by atoms with Crippen LogP contribution in [0, 0.1) is 0 Å². The van der Waals surface area contributed by atoms with Crippen LogP contribution in [0.25, 0.3) is 44.2 Å². The van der Waals surface area contributed by atoms with Gasteiger partial charge >= 0.3 is 0 Å². The van der Waals surface area contributed by atoms with Crippen LogP contribution < -0.4 is 0 Å². The van der Waals surface area contributed by atoms with Gasteiger partial charge in [0.05, 0.1) is 0 Å². The van der Waals surface area contributed by atoms with E-state index in [2.05, 4.69) is 215 Å². The van der Waals surface area contributed by atoms with Crippen molar-refractivity contribution in [3.8, 4) is 33.4 Å². The zero-order valence-corrected chi connectivity index (χ0v) is 38.4. The molecule has 66 heavy (non-hydrogen) atoms. The number of rotatable bonds is 10. The second kappa shape index (κ2) is 15.4. The summed E-state index contributed by atoms with van der Waals surface area (Å²) in [5, 5.41) is 2.78. The molecule has 5 atom stereocenters. The topological polar surface area (TPSA) is 0 Å². The van der Waals surface area contributed by atoms with E-state index in [4.69, 9.17) is 0 Å². The zero-order chi connectivity index (χ0) is 44.1. The van der Waals surface area contributed by atoms with Crippen LogP contribution in [-0.2, 0) is 24.7 Å². The van der Waals surface area contributed by atoms with Crippen LogP contribution in [0.4, 0.5) is 0 Å². The largest absolute Gasteiger partial charge is 0.0622 e. The van der Waals surface area contributed by atoms with Gasteiger partial charge < -0.3 is 0 Å². The van der Waals surface area contributed by atoms with E-state index in [1.165, 1.54) is 106 Å². The van der Waals surface area contributed by atoms with E-state index in [9.17, 15) is 0 Å².